The number of esters is 1. The molecule has 5 nitrogen and oxygen atoms in total. The summed E-state index contributed by atoms with van der Waals surface area (Å²) in [6.45, 7) is 4.25. The van der Waals surface area contributed by atoms with Gasteiger partial charge in [-0.2, -0.15) is 0 Å². The normalized spacial score (nSPS) is 14.3. The highest BCUT2D eigenvalue weighted by molar-refractivity contribution is 7.92. The molecule has 0 aliphatic rings. The summed E-state index contributed by atoms with van der Waals surface area (Å²) >= 11 is 0. The van der Waals surface area contributed by atoms with Gasteiger partial charge in [0.25, 0.3) is 0 Å². The van der Waals surface area contributed by atoms with Gasteiger partial charge in [-0.15, -0.1) is 0 Å². The highest BCUT2D eigenvalue weighted by atomic mass is 32.2. The molecule has 2 unspecified atom stereocenters. The second-order valence-electron chi connectivity index (χ2n) is 4.40. The molecule has 0 saturated carbocycles. The van der Waals surface area contributed by atoms with Crippen LogP contribution in [0.3, 0.4) is 0 Å². The van der Waals surface area contributed by atoms with Crippen LogP contribution in [0.25, 0.3) is 0 Å². The minimum absolute atomic E-state index is 0.0862. The number of rotatable bonds is 6. The standard InChI is InChI=1S/C14H18O5S/c1-4-19-14(16)13(10(2)15)11(3)20(17,18)12-8-6-5-7-9-12/h5-9,11,13H,4H2,1-3H3. The van der Waals surface area contributed by atoms with Crippen LogP contribution in [-0.4, -0.2) is 32.0 Å². The summed E-state index contributed by atoms with van der Waals surface area (Å²) in [5.41, 5.74) is 0. The van der Waals surface area contributed by atoms with Crippen LogP contribution in [-0.2, 0) is 24.2 Å². The second kappa shape index (κ2) is 6.65. The maximum Gasteiger partial charge on any atom is 0.317 e. The van der Waals surface area contributed by atoms with Crippen molar-refractivity contribution in [3.8, 4) is 0 Å². The minimum Gasteiger partial charge on any atom is -0.465 e. The van der Waals surface area contributed by atoms with Crippen molar-refractivity contribution in [2.24, 2.45) is 5.92 Å². The highest BCUT2D eigenvalue weighted by Gasteiger charge is 2.39. The lowest BCUT2D eigenvalue weighted by Gasteiger charge is -2.20. The quantitative estimate of drug-likeness (QED) is 0.589. The zero-order chi connectivity index (χ0) is 15.3. The van der Waals surface area contributed by atoms with E-state index < -0.39 is 32.8 Å². The first-order valence-corrected chi connectivity index (χ1v) is 7.83. The Morgan fingerprint density at radius 1 is 1.20 bits per heavy atom. The summed E-state index contributed by atoms with van der Waals surface area (Å²) in [4.78, 5) is 23.5. The summed E-state index contributed by atoms with van der Waals surface area (Å²) in [6.07, 6.45) is 0. The van der Waals surface area contributed by atoms with Crippen molar-refractivity contribution in [1.82, 2.24) is 0 Å². The molecule has 0 saturated heterocycles. The average molecular weight is 298 g/mol. The third-order valence-corrected chi connectivity index (χ3v) is 5.19. The van der Waals surface area contributed by atoms with Gasteiger partial charge in [0.2, 0.25) is 0 Å². The molecule has 1 aromatic rings. The van der Waals surface area contributed by atoms with Crippen LogP contribution >= 0.6 is 0 Å². The first kappa shape index (κ1) is 16.4. The van der Waals surface area contributed by atoms with Gasteiger partial charge in [-0.25, -0.2) is 8.42 Å². The number of ketones is 1. The van der Waals surface area contributed by atoms with Crippen molar-refractivity contribution in [2.75, 3.05) is 6.61 Å². The number of ether oxygens (including phenoxy) is 1. The van der Waals surface area contributed by atoms with Crippen LogP contribution < -0.4 is 0 Å². The van der Waals surface area contributed by atoms with Crippen LogP contribution in [0, 0.1) is 5.92 Å². The Morgan fingerprint density at radius 3 is 2.20 bits per heavy atom. The fourth-order valence-corrected chi connectivity index (χ4v) is 3.55. The lowest BCUT2D eigenvalue weighted by molar-refractivity contribution is -0.151. The summed E-state index contributed by atoms with van der Waals surface area (Å²) in [6, 6.07) is 7.75. The summed E-state index contributed by atoms with van der Waals surface area (Å²) in [7, 11) is -3.77. The molecule has 6 heteroatoms. The molecule has 0 heterocycles. The van der Waals surface area contributed by atoms with E-state index in [0.717, 1.165) is 0 Å². The number of carbonyl (C=O) groups excluding carboxylic acids is 2. The van der Waals surface area contributed by atoms with Crippen molar-refractivity contribution in [3.05, 3.63) is 30.3 Å². The van der Waals surface area contributed by atoms with E-state index in [4.69, 9.17) is 4.74 Å². The molecule has 0 bridgehead atoms. The predicted molar refractivity (Wildman–Crippen MR) is 73.9 cm³/mol. The minimum atomic E-state index is -3.77. The number of Topliss-reactive ketones (excluding diaryl/α,β-unsaturated/α-hetero) is 1. The van der Waals surface area contributed by atoms with Crippen LogP contribution in [0.1, 0.15) is 20.8 Å². The zero-order valence-corrected chi connectivity index (χ0v) is 12.5. The van der Waals surface area contributed by atoms with E-state index in [2.05, 4.69) is 0 Å². The number of hydrogen-bond acceptors (Lipinski definition) is 5. The Labute approximate surface area is 118 Å². The molecule has 0 amide bonds. The predicted octanol–water partition coefficient (Wildman–Crippen LogP) is 1.62. The molecule has 0 aliphatic heterocycles. The zero-order valence-electron chi connectivity index (χ0n) is 11.7. The van der Waals surface area contributed by atoms with Gasteiger partial charge in [0, 0.05) is 0 Å². The maximum absolute atomic E-state index is 12.4. The topological polar surface area (TPSA) is 77.5 Å². The monoisotopic (exact) mass is 298 g/mol. The molecule has 0 N–H and O–H groups in total. The molecule has 0 spiro atoms. The highest BCUT2D eigenvalue weighted by Crippen LogP contribution is 2.23. The summed E-state index contributed by atoms with van der Waals surface area (Å²) in [5, 5.41) is -1.17. The maximum atomic E-state index is 12.4. The Bertz CT molecular complexity index is 577. The van der Waals surface area contributed by atoms with Gasteiger partial charge in [-0.3, -0.25) is 9.59 Å². The molecule has 2 atom stereocenters. The van der Waals surface area contributed by atoms with Crippen molar-refractivity contribution in [2.45, 2.75) is 30.9 Å². The summed E-state index contributed by atoms with van der Waals surface area (Å²) < 4.78 is 29.6. The fourth-order valence-electron chi connectivity index (χ4n) is 1.92. The van der Waals surface area contributed by atoms with Crippen molar-refractivity contribution >= 4 is 21.6 Å². The Balaban J connectivity index is 3.16. The van der Waals surface area contributed by atoms with Crippen molar-refractivity contribution < 1.29 is 22.7 Å². The lowest BCUT2D eigenvalue weighted by atomic mass is 10.0. The van der Waals surface area contributed by atoms with Crippen LogP contribution in [0.4, 0.5) is 0 Å². The average Bonchev–Trinajstić information content (AvgIpc) is 2.39. The third-order valence-electron chi connectivity index (χ3n) is 3.01. The van der Waals surface area contributed by atoms with Gasteiger partial charge in [-0.05, 0) is 32.9 Å². The van der Waals surface area contributed by atoms with E-state index in [1.165, 1.54) is 26.0 Å². The first-order chi connectivity index (χ1) is 9.32. The first-order valence-electron chi connectivity index (χ1n) is 6.28. The van der Waals surface area contributed by atoms with E-state index in [1.807, 2.05) is 0 Å². The van der Waals surface area contributed by atoms with E-state index in [9.17, 15) is 18.0 Å². The van der Waals surface area contributed by atoms with E-state index in [0.29, 0.717) is 0 Å². The van der Waals surface area contributed by atoms with Crippen LogP contribution in [0.2, 0.25) is 0 Å². The Hall–Kier alpha value is -1.69. The van der Waals surface area contributed by atoms with E-state index in [1.54, 1.807) is 25.1 Å². The number of sulfone groups is 1. The summed E-state index contributed by atoms with van der Waals surface area (Å²) in [5.74, 6) is -2.62. The SMILES string of the molecule is CCOC(=O)C(C(C)=O)C(C)S(=O)(=O)c1ccccc1. The molecule has 0 radical (unpaired) electrons. The molecule has 1 aromatic carbocycles. The number of carbonyl (C=O) groups is 2. The molecular weight excluding hydrogens is 280 g/mol. The Morgan fingerprint density at radius 2 is 1.75 bits per heavy atom. The largest absolute Gasteiger partial charge is 0.465 e. The van der Waals surface area contributed by atoms with Gasteiger partial charge in [-0.1, -0.05) is 18.2 Å². The number of benzene rings is 1. The Kier molecular flexibility index (Phi) is 5.44. The molecule has 20 heavy (non-hydrogen) atoms. The van der Waals surface area contributed by atoms with E-state index in [-0.39, 0.29) is 11.5 Å². The molecule has 0 aliphatic carbocycles. The number of hydrogen-bond donors (Lipinski definition) is 0. The van der Waals surface area contributed by atoms with Crippen LogP contribution in [0.5, 0.6) is 0 Å². The van der Waals surface area contributed by atoms with Crippen molar-refractivity contribution in [1.29, 1.82) is 0 Å². The smallest absolute Gasteiger partial charge is 0.317 e. The van der Waals surface area contributed by atoms with E-state index >= 15 is 0 Å². The fraction of sp³-hybridized carbons (Fsp3) is 0.429. The second-order valence-corrected chi connectivity index (χ2v) is 6.71. The molecule has 0 fully saturated rings. The lowest BCUT2D eigenvalue weighted by Crippen LogP contribution is -2.38. The van der Waals surface area contributed by atoms with Crippen LogP contribution in [0.15, 0.2) is 35.2 Å². The molecule has 0 aromatic heterocycles. The van der Waals surface area contributed by atoms with Gasteiger partial charge >= 0.3 is 5.97 Å². The molecule has 1 rings (SSSR count). The third kappa shape index (κ3) is 3.45. The van der Waals surface area contributed by atoms with Gasteiger partial charge in [0.15, 0.2) is 9.84 Å². The molecular formula is C14H18O5S. The van der Waals surface area contributed by atoms with Gasteiger partial charge in [0.05, 0.1) is 16.8 Å². The van der Waals surface area contributed by atoms with Gasteiger partial charge in [0.1, 0.15) is 11.7 Å². The van der Waals surface area contributed by atoms with Gasteiger partial charge < -0.3 is 4.74 Å². The molecule has 110 valence electrons. The van der Waals surface area contributed by atoms with Crippen molar-refractivity contribution in [3.63, 3.8) is 0 Å².